The first-order chi connectivity index (χ1) is 9.54. The highest BCUT2D eigenvalue weighted by Gasteiger charge is 2.17. The number of hydrogen-bond acceptors (Lipinski definition) is 3. The monoisotopic (exact) mass is 400 g/mol. The third-order valence-corrected chi connectivity index (χ3v) is 4.34. The van der Waals surface area contributed by atoms with E-state index in [1.54, 1.807) is 0 Å². The van der Waals surface area contributed by atoms with Crippen LogP contribution in [-0.2, 0) is 0 Å². The largest absolute Gasteiger partial charge is 0.309 e. The summed E-state index contributed by atoms with van der Waals surface area (Å²) in [5, 5.41) is 12.1. The maximum absolute atomic E-state index is 4.33. The fourth-order valence-electron chi connectivity index (χ4n) is 2.08. The standard InChI is InChI=1S/C14H18Br2N4/c1-4-7-17-9(2)14-10(3)20(19-18-14)13-8-11(15)5-6-12(13)16/h5-6,8-9,17H,4,7H2,1-3H3. The fraction of sp³-hybridized carbons (Fsp3) is 0.429. The van der Waals surface area contributed by atoms with E-state index >= 15 is 0 Å². The van der Waals surface area contributed by atoms with Crippen molar-refractivity contribution >= 4 is 31.9 Å². The van der Waals surface area contributed by atoms with Gasteiger partial charge in [0.1, 0.15) is 5.69 Å². The molecule has 108 valence electrons. The summed E-state index contributed by atoms with van der Waals surface area (Å²) in [5.41, 5.74) is 3.03. The first-order valence-corrected chi connectivity index (χ1v) is 8.24. The van der Waals surface area contributed by atoms with E-state index in [1.165, 1.54) is 0 Å². The average Bonchev–Trinajstić information content (AvgIpc) is 2.80. The lowest BCUT2D eigenvalue weighted by Gasteiger charge is -2.12. The molecule has 0 bridgehead atoms. The van der Waals surface area contributed by atoms with Crippen molar-refractivity contribution < 1.29 is 0 Å². The predicted octanol–water partition coefficient (Wildman–Crippen LogP) is 4.16. The summed E-state index contributed by atoms with van der Waals surface area (Å²) in [4.78, 5) is 0. The van der Waals surface area contributed by atoms with Crippen molar-refractivity contribution in [2.75, 3.05) is 6.54 Å². The summed E-state index contributed by atoms with van der Waals surface area (Å²) in [6.45, 7) is 7.30. The molecule has 0 radical (unpaired) electrons. The van der Waals surface area contributed by atoms with Crippen LogP contribution in [0.3, 0.4) is 0 Å². The highest BCUT2D eigenvalue weighted by atomic mass is 79.9. The number of nitrogens with one attached hydrogen (secondary N) is 1. The summed E-state index contributed by atoms with van der Waals surface area (Å²) < 4.78 is 3.88. The minimum atomic E-state index is 0.203. The lowest BCUT2D eigenvalue weighted by molar-refractivity contribution is 0.555. The highest BCUT2D eigenvalue weighted by Crippen LogP contribution is 2.27. The van der Waals surface area contributed by atoms with E-state index in [0.29, 0.717) is 0 Å². The third kappa shape index (κ3) is 3.30. The zero-order valence-electron chi connectivity index (χ0n) is 11.8. The van der Waals surface area contributed by atoms with Gasteiger partial charge in [-0.3, -0.25) is 0 Å². The van der Waals surface area contributed by atoms with Crippen molar-refractivity contribution in [1.82, 2.24) is 20.3 Å². The number of rotatable bonds is 5. The predicted molar refractivity (Wildman–Crippen MR) is 88.2 cm³/mol. The van der Waals surface area contributed by atoms with Gasteiger partial charge >= 0.3 is 0 Å². The van der Waals surface area contributed by atoms with Crippen LogP contribution in [0.15, 0.2) is 27.1 Å². The Kier molecular flexibility index (Phi) is 5.35. The Hall–Kier alpha value is -0.720. The fourth-order valence-corrected chi connectivity index (χ4v) is 2.84. The molecule has 6 heteroatoms. The third-order valence-electron chi connectivity index (χ3n) is 3.18. The molecule has 0 aliphatic carbocycles. The summed E-state index contributed by atoms with van der Waals surface area (Å²) in [6.07, 6.45) is 1.11. The minimum absolute atomic E-state index is 0.203. The summed E-state index contributed by atoms with van der Waals surface area (Å²) in [7, 11) is 0. The first kappa shape index (κ1) is 15.7. The Morgan fingerprint density at radius 3 is 2.80 bits per heavy atom. The Labute approximate surface area is 136 Å². The molecule has 2 aromatic rings. The average molecular weight is 402 g/mol. The van der Waals surface area contributed by atoms with E-state index in [9.17, 15) is 0 Å². The topological polar surface area (TPSA) is 42.7 Å². The zero-order valence-corrected chi connectivity index (χ0v) is 15.0. The van der Waals surface area contributed by atoms with E-state index in [0.717, 1.165) is 39.0 Å². The van der Waals surface area contributed by atoms with Crippen molar-refractivity contribution in [2.24, 2.45) is 0 Å². The van der Waals surface area contributed by atoms with Crippen molar-refractivity contribution in [3.8, 4) is 5.69 Å². The van der Waals surface area contributed by atoms with Gasteiger partial charge in [-0.15, -0.1) is 5.10 Å². The van der Waals surface area contributed by atoms with E-state index < -0.39 is 0 Å². The second-order valence-corrected chi connectivity index (χ2v) is 6.51. The maximum atomic E-state index is 4.33. The maximum Gasteiger partial charge on any atom is 0.103 e. The molecule has 0 saturated heterocycles. The van der Waals surface area contributed by atoms with Gasteiger partial charge in [0.25, 0.3) is 0 Å². The summed E-state index contributed by atoms with van der Waals surface area (Å²) in [6, 6.07) is 6.22. The lowest BCUT2D eigenvalue weighted by Crippen LogP contribution is -2.20. The molecule has 0 spiro atoms. The Balaban J connectivity index is 2.35. The van der Waals surface area contributed by atoms with Crippen LogP contribution in [0.25, 0.3) is 5.69 Å². The molecular weight excluding hydrogens is 384 g/mol. The lowest BCUT2D eigenvalue weighted by atomic mass is 10.2. The van der Waals surface area contributed by atoms with Crippen molar-refractivity contribution in [3.05, 3.63) is 38.5 Å². The Morgan fingerprint density at radius 1 is 1.35 bits per heavy atom. The molecule has 2 rings (SSSR count). The van der Waals surface area contributed by atoms with Crippen LogP contribution in [0.5, 0.6) is 0 Å². The minimum Gasteiger partial charge on any atom is -0.309 e. The van der Waals surface area contributed by atoms with E-state index in [-0.39, 0.29) is 6.04 Å². The smallest absolute Gasteiger partial charge is 0.103 e. The van der Waals surface area contributed by atoms with Crippen molar-refractivity contribution in [3.63, 3.8) is 0 Å². The van der Waals surface area contributed by atoms with Crippen LogP contribution < -0.4 is 5.32 Å². The molecule has 1 aromatic heterocycles. The molecule has 0 amide bonds. The zero-order chi connectivity index (χ0) is 14.7. The van der Waals surface area contributed by atoms with Gasteiger partial charge in [-0.2, -0.15) is 0 Å². The molecule has 20 heavy (non-hydrogen) atoms. The molecule has 1 aromatic carbocycles. The van der Waals surface area contributed by atoms with E-state index in [2.05, 4.69) is 61.3 Å². The summed E-state index contributed by atoms with van der Waals surface area (Å²) in [5.74, 6) is 0. The van der Waals surface area contributed by atoms with Gasteiger partial charge in [0.15, 0.2) is 0 Å². The van der Waals surface area contributed by atoms with Gasteiger partial charge in [0.2, 0.25) is 0 Å². The van der Waals surface area contributed by atoms with Crippen LogP contribution in [0.2, 0.25) is 0 Å². The normalized spacial score (nSPS) is 12.7. The molecular formula is C14H18Br2N4. The van der Waals surface area contributed by atoms with Gasteiger partial charge < -0.3 is 5.32 Å². The molecule has 0 aliphatic rings. The van der Waals surface area contributed by atoms with E-state index in [1.807, 2.05) is 29.8 Å². The molecule has 1 heterocycles. The van der Waals surface area contributed by atoms with Crippen LogP contribution in [0.1, 0.15) is 37.7 Å². The first-order valence-electron chi connectivity index (χ1n) is 6.65. The van der Waals surface area contributed by atoms with Gasteiger partial charge in [-0.1, -0.05) is 28.1 Å². The molecule has 1 unspecified atom stereocenters. The SMILES string of the molecule is CCCNC(C)c1nnn(-c2cc(Br)ccc2Br)c1C. The van der Waals surface area contributed by atoms with E-state index in [4.69, 9.17) is 0 Å². The van der Waals surface area contributed by atoms with Gasteiger partial charge in [-0.25, -0.2) is 4.68 Å². The molecule has 0 saturated carbocycles. The van der Waals surface area contributed by atoms with Crippen LogP contribution in [0, 0.1) is 6.92 Å². The van der Waals surface area contributed by atoms with Gasteiger partial charge in [0.05, 0.1) is 17.4 Å². The Morgan fingerprint density at radius 2 is 2.10 bits per heavy atom. The van der Waals surface area contributed by atoms with Crippen molar-refractivity contribution in [2.45, 2.75) is 33.2 Å². The molecule has 0 fully saturated rings. The highest BCUT2D eigenvalue weighted by molar-refractivity contribution is 9.11. The second kappa shape index (κ2) is 6.83. The van der Waals surface area contributed by atoms with Crippen molar-refractivity contribution in [1.29, 1.82) is 0 Å². The van der Waals surface area contributed by atoms with Gasteiger partial charge in [-0.05, 0) is 60.9 Å². The number of hydrogen-bond donors (Lipinski definition) is 1. The molecule has 1 atom stereocenters. The quantitative estimate of drug-likeness (QED) is 0.817. The molecule has 4 nitrogen and oxygen atoms in total. The molecule has 1 N–H and O–H groups in total. The molecule has 0 aliphatic heterocycles. The second-order valence-electron chi connectivity index (χ2n) is 4.74. The van der Waals surface area contributed by atoms with Crippen LogP contribution >= 0.6 is 31.9 Å². The number of nitrogens with zero attached hydrogens (tertiary/aromatic N) is 3. The van der Waals surface area contributed by atoms with Crippen LogP contribution in [0.4, 0.5) is 0 Å². The van der Waals surface area contributed by atoms with Gasteiger partial charge in [0, 0.05) is 8.95 Å². The number of benzene rings is 1. The Bertz CT molecular complexity index is 595. The number of halogens is 2. The number of aromatic nitrogens is 3. The van der Waals surface area contributed by atoms with Crippen LogP contribution in [-0.4, -0.2) is 21.5 Å². The summed E-state index contributed by atoms with van der Waals surface area (Å²) >= 11 is 7.06.